The fraction of sp³-hybridized carbons (Fsp3) is 0.243. The molecule has 4 bridgehead atoms. The minimum Gasteiger partial charge on any atom is -0.365 e. The van der Waals surface area contributed by atoms with Crippen molar-refractivity contribution in [3.8, 4) is 28.5 Å². The molecule has 2 aromatic heterocycles. The molecule has 4 heterocycles. The van der Waals surface area contributed by atoms with Crippen LogP contribution in [0, 0.1) is 11.8 Å². The van der Waals surface area contributed by atoms with Crippen molar-refractivity contribution in [2.45, 2.75) is 44.2 Å². The first kappa shape index (κ1) is 23.3. The lowest BCUT2D eigenvalue weighted by Gasteiger charge is -2.57. The second kappa shape index (κ2) is 9.04. The Hall–Kier alpha value is -4.44. The van der Waals surface area contributed by atoms with Gasteiger partial charge in [-0.05, 0) is 62.1 Å². The maximum Gasteiger partial charge on any atom is 0.162 e. The van der Waals surface area contributed by atoms with Crippen LogP contribution in [0.2, 0.25) is 0 Å². The Morgan fingerprint density at radius 2 is 1.17 bits per heavy atom. The Bertz CT molecular complexity index is 1820. The summed E-state index contributed by atoms with van der Waals surface area (Å²) in [5.41, 5.74) is 6.81. The quantitative estimate of drug-likeness (QED) is 0.228. The van der Waals surface area contributed by atoms with Crippen molar-refractivity contribution in [2.75, 3.05) is 4.90 Å². The molecule has 41 heavy (non-hydrogen) atoms. The Labute approximate surface area is 240 Å². The van der Waals surface area contributed by atoms with Crippen molar-refractivity contribution < 1.29 is 0 Å². The highest BCUT2D eigenvalue weighted by Crippen LogP contribution is 2.51. The molecule has 2 saturated heterocycles. The molecule has 2 saturated carbocycles. The number of hydrogen-bond donors (Lipinski definition) is 0. The Kier molecular flexibility index (Phi) is 5.13. The van der Waals surface area contributed by atoms with Crippen LogP contribution < -0.4 is 4.90 Å². The van der Waals surface area contributed by atoms with Gasteiger partial charge in [-0.15, -0.1) is 0 Å². The first-order chi connectivity index (χ1) is 20.3. The normalized spacial score (nSPS) is 23.1. The Balaban J connectivity index is 1.27. The third-order valence-electron chi connectivity index (χ3n) is 9.87. The van der Waals surface area contributed by atoms with E-state index in [2.05, 4.69) is 113 Å². The summed E-state index contributed by atoms with van der Waals surface area (Å²) in [6, 6.07) is 40.3. The smallest absolute Gasteiger partial charge is 0.162 e. The predicted octanol–water partition coefficient (Wildman–Crippen LogP) is 8.68. The summed E-state index contributed by atoms with van der Waals surface area (Å²) in [6.45, 7) is 0. The van der Waals surface area contributed by atoms with E-state index in [0.29, 0.717) is 12.1 Å². The minimum absolute atomic E-state index is 0.690. The molecule has 2 aliphatic heterocycles. The molecule has 4 fully saturated rings. The number of fused-ring (bicyclic) bond motifs is 3. The van der Waals surface area contributed by atoms with Gasteiger partial charge in [0.1, 0.15) is 5.82 Å². The van der Waals surface area contributed by atoms with Gasteiger partial charge in [0.25, 0.3) is 0 Å². The number of piperidine rings is 2. The van der Waals surface area contributed by atoms with Crippen LogP contribution in [-0.2, 0) is 0 Å². The van der Waals surface area contributed by atoms with Gasteiger partial charge in [0.2, 0.25) is 0 Å². The highest BCUT2D eigenvalue weighted by atomic mass is 15.2. The van der Waals surface area contributed by atoms with Gasteiger partial charge in [-0.3, -0.25) is 4.57 Å². The molecule has 0 amide bonds. The SMILES string of the molecule is c1ccc(-c2cc(-n3c4ccccc4c4ccc(N5C6CC7CC(C6)CC5C7)cc43)nc(-c3ccccc3)n2)cc1. The summed E-state index contributed by atoms with van der Waals surface area (Å²) in [4.78, 5) is 13.1. The second-order valence-electron chi connectivity index (χ2n) is 12.3. The summed E-state index contributed by atoms with van der Waals surface area (Å²) in [6.07, 6.45) is 6.92. The van der Waals surface area contributed by atoms with E-state index in [9.17, 15) is 0 Å². The molecule has 4 aliphatic rings. The molecule has 6 aromatic rings. The molecule has 10 rings (SSSR count). The molecule has 0 spiro atoms. The zero-order valence-electron chi connectivity index (χ0n) is 23.0. The number of anilines is 1. The first-order valence-corrected chi connectivity index (χ1v) is 15.1. The van der Waals surface area contributed by atoms with Gasteiger partial charge in [0.15, 0.2) is 5.82 Å². The van der Waals surface area contributed by atoms with Crippen molar-refractivity contribution in [1.29, 1.82) is 0 Å². The van der Waals surface area contributed by atoms with E-state index in [-0.39, 0.29) is 0 Å². The number of benzene rings is 4. The highest BCUT2D eigenvalue weighted by molar-refractivity contribution is 6.10. The van der Waals surface area contributed by atoms with E-state index in [1.165, 1.54) is 59.6 Å². The van der Waals surface area contributed by atoms with Gasteiger partial charge >= 0.3 is 0 Å². The van der Waals surface area contributed by atoms with Crippen molar-refractivity contribution in [2.24, 2.45) is 11.8 Å². The monoisotopic (exact) mass is 532 g/mol. The zero-order chi connectivity index (χ0) is 26.9. The van der Waals surface area contributed by atoms with E-state index >= 15 is 0 Å². The largest absolute Gasteiger partial charge is 0.365 e. The first-order valence-electron chi connectivity index (χ1n) is 15.1. The molecule has 4 heteroatoms. The van der Waals surface area contributed by atoms with Crippen LogP contribution in [0.5, 0.6) is 0 Å². The van der Waals surface area contributed by atoms with Crippen LogP contribution in [0.25, 0.3) is 50.3 Å². The molecule has 0 radical (unpaired) electrons. The van der Waals surface area contributed by atoms with Gasteiger partial charge in [0.05, 0.1) is 16.7 Å². The molecular weight excluding hydrogens is 500 g/mol. The number of rotatable bonds is 4. The highest BCUT2D eigenvalue weighted by Gasteiger charge is 2.46. The molecule has 4 aromatic carbocycles. The average molecular weight is 533 g/mol. The number of aromatic nitrogens is 3. The summed E-state index contributed by atoms with van der Waals surface area (Å²) < 4.78 is 2.37. The van der Waals surface area contributed by atoms with E-state index in [4.69, 9.17) is 9.97 Å². The van der Waals surface area contributed by atoms with Crippen LogP contribution in [0.1, 0.15) is 32.1 Å². The Morgan fingerprint density at radius 1 is 0.537 bits per heavy atom. The van der Waals surface area contributed by atoms with Gasteiger partial charge < -0.3 is 4.90 Å². The second-order valence-corrected chi connectivity index (χ2v) is 12.3. The van der Waals surface area contributed by atoms with E-state index in [1.54, 1.807) is 0 Å². The van der Waals surface area contributed by atoms with Crippen LogP contribution in [-0.4, -0.2) is 26.6 Å². The lowest BCUT2D eigenvalue weighted by atomic mass is 9.63. The molecule has 0 atom stereocenters. The van der Waals surface area contributed by atoms with Crippen LogP contribution in [0.4, 0.5) is 5.69 Å². The molecule has 0 unspecified atom stereocenters. The fourth-order valence-electron chi connectivity index (χ4n) is 8.34. The number of para-hydroxylation sites is 1. The number of hydrogen-bond acceptors (Lipinski definition) is 3. The van der Waals surface area contributed by atoms with Crippen molar-refractivity contribution in [3.05, 3.63) is 109 Å². The van der Waals surface area contributed by atoms with E-state index in [1.807, 2.05) is 6.07 Å². The molecule has 4 nitrogen and oxygen atoms in total. The van der Waals surface area contributed by atoms with Crippen LogP contribution in [0.15, 0.2) is 109 Å². The fourth-order valence-corrected chi connectivity index (χ4v) is 8.34. The van der Waals surface area contributed by atoms with Gasteiger partial charge in [-0.25, -0.2) is 9.97 Å². The zero-order valence-corrected chi connectivity index (χ0v) is 23.0. The van der Waals surface area contributed by atoms with E-state index < -0.39 is 0 Å². The van der Waals surface area contributed by atoms with Gasteiger partial charge in [0, 0.05) is 45.7 Å². The van der Waals surface area contributed by atoms with Gasteiger partial charge in [-0.1, -0.05) is 84.9 Å². The topological polar surface area (TPSA) is 34.0 Å². The lowest BCUT2D eigenvalue weighted by Crippen LogP contribution is -2.58. The molecule has 2 aliphatic carbocycles. The minimum atomic E-state index is 0.690. The molecule has 0 N–H and O–H groups in total. The maximum absolute atomic E-state index is 5.23. The average Bonchev–Trinajstić information content (AvgIpc) is 3.35. The summed E-state index contributed by atoms with van der Waals surface area (Å²) >= 11 is 0. The van der Waals surface area contributed by atoms with Crippen LogP contribution >= 0.6 is 0 Å². The number of nitrogens with zero attached hydrogens (tertiary/aromatic N) is 4. The summed E-state index contributed by atoms with van der Waals surface area (Å²) in [5, 5.41) is 2.53. The van der Waals surface area contributed by atoms with Gasteiger partial charge in [-0.2, -0.15) is 0 Å². The molecule has 200 valence electrons. The maximum atomic E-state index is 5.23. The Morgan fingerprint density at radius 3 is 1.90 bits per heavy atom. The summed E-state index contributed by atoms with van der Waals surface area (Å²) in [7, 11) is 0. The standard InChI is InChI=1S/C37H32N4/c1-3-9-26(10-4-1)33-23-36(39-37(38-33)27-11-5-2-6-12-27)41-34-14-8-7-13-31(34)32-16-15-28(22-35(32)41)40-29-18-24-17-25(20-29)21-30(40)19-24/h1-16,22-25,29-30H,17-21H2. The predicted molar refractivity (Wildman–Crippen MR) is 167 cm³/mol. The van der Waals surface area contributed by atoms with Crippen molar-refractivity contribution in [3.63, 3.8) is 0 Å². The van der Waals surface area contributed by atoms with Crippen LogP contribution in [0.3, 0.4) is 0 Å². The van der Waals surface area contributed by atoms with E-state index in [0.717, 1.165) is 40.3 Å². The third kappa shape index (κ3) is 3.73. The van der Waals surface area contributed by atoms with Crippen molar-refractivity contribution >= 4 is 27.5 Å². The summed E-state index contributed by atoms with van der Waals surface area (Å²) in [5.74, 6) is 3.53. The lowest BCUT2D eigenvalue weighted by molar-refractivity contribution is 0.0900. The molecular formula is C37H32N4. The van der Waals surface area contributed by atoms with Crippen molar-refractivity contribution in [1.82, 2.24) is 14.5 Å². The third-order valence-corrected chi connectivity index (χ3v) is 9.87.